The van der Waals surface area contributed by atoms with Crippen molar-refractivity contribution in [3.8, 4) is 5.75 Å². The van der Waals surface area contributed by atoms with E-state index in [4.69, 9.17) is 39.7 Å². The van der Waals surface area contributed by atoms with Crippen molar-refractivity contribution in [3.05, 3.63) is 53.4 Å². The number of halogens is 1. The molecule has 1 aromatic heterocycles. The highest BCUT2D eigenvalue weighted by molar-refractivity contribution is 6.30. The van der Waals surface area contributed by atoms with Gasteiger partial charge >= 0.3 is 5.97 Å². The first-order chi connectivity index (χ1) is 15.8. The third kappa shape index (κ3) is 5.48. The number of furan rings is 1. The molecule has 33 heavy (non-hydrogen) atoms. The summed E-state index contributed by atoms with van der Waals surface area (Å²) in [6.45, 7) is 2.83. The second-order valence-corrected chi connectivity index (χ2v) is 8.14. The van der Waals surface area contributed by atoms with E-state index in [0.29, 0.717) is 16.5 Å². The molecule has 3 heterocycles. The van der Waals surface area contributed by atoms with Gasteiger partial charge in [-0.15, -0.1) is 0 Å². The Morgan fingerprint density at radius 3 is 2.61 bits per heavy atom. The number of rotatable bonds is 7. The van der Waals surface area contributed by atoms with Gasteiger partial charge in [0.25, 0.3) is 0 Å². The molecular weight excluding hydrogens is 458 g/mol. The van der Waals surface area contributed by atoms with E-state index in [1.807, 2.05) is 0 Å². The van der Waals surface area contributed by atoms with Crippen molar-refractivity contribution in [2.45, 2.75) is 56.9 Å². The largest absolute Gasteiger partial charge is 0.479 e. The fourth-order valence-corrected chi connectivity index (χ4v) is 3.86. The average molecular weight is 482 g/mol. The van der Waals surface area contributed by atoms with Crippen LogP contribution in [0.5, 0.6) is 5.75 Å². The van der Waals surface area contributed by atoms with E-state index in [2.05, 4.69) is 5.32 Å². The molecule has 2 aliphatic rings. The SMILES string of the molecule is CC(=O)NC1C(Oc2ccc(Cl)cc2)OC2COC(c3ccco3)OC2C1OC(C)C(=O)O. The number of carboxylic acids is 1. The normalized spacial score (nSPS) is 30.2. The Labute approximate surface area is 194 Å². The molecule has 11 heteroatoms. The van der Waals surface area contributed by atoms with Gasteiger partial charge in [0.15, 0.2) is 11.9 Å². The lowest BCUT2D eigenvalue weighted by atomic mass is 9.95. The number of hydrogen-bond donors (Lipinski definition) is 2. The van der Waals surface area contributed by atoms with Crippen LogP contribution in [0.2, 0.25) is 5.02 Å². The Morgan fingerprint density at radius 1 is 1.21 bits per heavy atom. The number of fused-ring (bicyclic) bond motifs is 1. The molecule has 2 aliphatic heterocycles. The van der Waals surface area contributed by atoms with Crippen LogP contribution in [0.1, 0.15) is 25.9 Å². The van der Waals surface area contributed by atoms with Crippen molar-refractivity contribution >= 4 is 23.5 Å². The summed E-state index contributed by atoms with van der Waals surface area (Å²) in [6.07, 6.45) is -3.94. The molecule has 0 aliphatic carbocycles. The quantitative estimate of drug-likeness (QED) is 0.613. The van der Waals surface area contributed by atoms with Crippen LogP contribution in [0.15, 0.2) is 47.1 Å². The van der Waals surface area contributed by atoms with Crippen LogP contribution in [0.25, 0.3) is 0 Å². The minimum absolute atomic E-state index is 0.102. The van der Waals surface area contributed by atoms with Gasteiger partial charge in [0.05, 0.1) is 12.9 Å². The highest BCUT2D eigenvalue weighted by Gasteiger charge is 2.53. The smallest absolute Gasteiger partial charge is 0.332 e. The van der Waals surface area contributed by atoms with E-state index < -0.39 is 49.0 Å². The van der Waals surface area contributed by atoms with Gasteiger partial charge in [-0.2, -0.15) is 0 Å². The summed E-state index contributed by atoms with van der Waals surface area (Å²) in [7, 11) is 0. The number of hydrogen-bond acceptors (Lipinski definition) is 8. The first-order valence-electron chi connectivity index (χ1n) is 10.4. The number of carbonyl (C=O) groups excluding carboxylic acids is 1. The molecule has 4 rings (SSSR count). The lowest BCUT2D eigenvalue weighted by Gasteiger charge is -2.49. The van der Waals surface area contributed by atoms with Gasteiger partial charge in [-0.3, -0.25) is 4.79 Å². The van der Waals surface area contributed by atoms with Crippen molar-refractivity contribution in [1.82, 2.24) is 5.32 Å². The zero-order valence-electron chi connectivity index (χ0n) is 17.9. The zero-order valence-corrected chi connectivity index (χ0v) is 18.6. The predicted octanol–water partition coefficient (Wildman–Crippen LogP) is 2.51. The molecule has 0 saturated carbocycles. The summed E-state index contributed by atoms with van der Waals surface area (Å²) in [5.74, 6) is -0.661. The second kappa shape index (κ2) is 10.1. The Hall–Kier alpha value is -2.63. The molecule has 0 bridgehead atoms. The Kier molecular flexibility index (Phi) is 7.20. The highest BCUT2D eigenvalue weighted by Crippen LogP contribution is 2.36. The molecular formula is C22H24ClNO9. The minimum Gasteiger partial charge on any atom is -0.479 e. The molecule has 0 radical (unpaired) electrons. The maximum Gasteiger partial charge on any atom is 0.332 e. The van der Waals surface area contributed by atoms with Gasteiger partial charge in [0, 0.05) is 11.9 Å². The number of ether oxygens (including phenoxy) is 5. The van der Waals surface area contributed by atoms with Gasteiger partial charge in [-0.05, 0) is 43.3 Å². The average Bonchev–Trinajstić information content (AvgIpc) is 3.31. The molecule has 2 aromatic rings. The molecule has 1 amide bonds. The van der Waals surface area contributed by atoms with Gasteiger partial charge in [0.1, 0.15) is 30.1 Å². The van der Waals surface area contributed by atoms with Crippen molar-refractivity contribution in [3.63, 3.8) is 0 Å². The van der Waals surface area contributed by atoms with E-state index in [1.54, 1.807) is 36.4 Å². The summed E-state index contributed by atoms with van der Waals surface area (Å²) in [4.78, 5) is 23.6. The first-order valence-corrected chi connectivity index (χ1v) is 10.7. The first kappa shape index (κ1) is 23.5. The fraction of sp³-hybridized carbons (Fsp3) is 0.455. The molecule has 2 fully saturated rings. The third-order valence-corrected chi connectivity index (χ3v) is 5.51. The van der Waals surface area contributed by atoms with Crippen LogP contribution in [0.4, 0.5) is 0 Å². The number of carbonyl (C=O) groups is 2. The molecule has 1 aromatic carbocycles. The number of benzene rings is 1. The minimum atomic E-state index is -1.19. The van der Waals surface area contributed by atoms with Gasteiger partial charge < -0.3 is 38.5 Å². The predicted molar refractivity (Wildman–Crippen MR) is 113 cm³/mol. The van der Waals surface area contributed by atoms with Crippen LogP contribution < -0.4 is 10.1 Å². The van der Waals surface area contributed by atoms with Crippen molar-refractivity contribution in [2.75, 3.05) is 6.61 Å². The molecule has 0 spiro atoms. The van der Waals surface area contributed by atoms with E-state index in [-0.39, 0.29) is 12.5 Å². The van der Waals surface area contributed by atoms with Gasteiger partial charge in [-0.25, -0.2) is 4.79 Å². The molecule has 10 nitrogen and oxygen atoms in total. The molecule has 7 unspecified atom stereocenters. The third-order valence-electron chi connectivity index (χ3n) is 5.26. The fourth-order valence-electron chi connectivity index (χ4n) is 3.73. The lowest BCUT2D eigenvalue weighted by Crippen LogP contribution is -2.68. The topological polar surface area (TPSA) is 126 Å². The van der Waals surface area contributed by atoms with E-state index >= 15 is 0 Å². The highest BCUT2D eigenvalue weighted by atomic mass is 35.5. The molecule has 178 valence electrons. The lowest BCUT2D eigenvalue weighted by molar-refractivity contribution is -0.343. The van der Waals surface area contributed by atoms with Crippen LogP contribution in [-0.4, -0.2) is 60.3 Å². The van der Waals surface area contributed by atoms with Crippen LogP contribution >= 0.6 is 11.6 Å². The molecule has 7 atom stereocenters. The van der Waals surface area contributed by atoms with Crippen molar-refractivity contribution in [1.29, 1.82) is 0 Å². The maximum absolute atomic E-state index is 12.0. The standard InChI is InChI=1S/C22H24ClNO9/c1-11(20(26)27)30-19-17(24-12(2)25)22(31-14-7-5-13(23)6-8-14)32-16-10-29-21(33-18(16)19)15-4-3-9-28-15/h3-9,11,16-19,21-22H,10H2,1-2H3,(H,24,25)(H,26,27). The summed E-state index contributed by atoms with van der Waals surface area (Å²) in [5.41, 5.74) is 0. The molecule has 2 saturated heterocycles. The van der Waals surface area contributed by atoms with Crippen molar-refractivity contribution < 1.29 is 42.8 Å². The Balaban J connectivity index is 1.64. The van der Waals surface area contributed by atoms with Gasteiger partial charge in [-0.1, -0.05) is 11.6 Å². The van der Waals surface area contributed by atoms with Crippen LogP contribution in [0, 0.1) is 0 Å². The summed E-state index contributed by atoms with van der Waals surface area (Å²) < 4.78 is 35.2. The Bertz CT molecular complexity index is 951. The van der Waals surface area contributed by atoms with E-state index in [0.717, 1.165) is 0 Å². The van der Waals surface area contributed by atoms with Crippen LogP contribution in [-0.2, 0) is 28.5 Å². The maximum atomic E-state index is 12.0. The van der Waals surface area contributed by atoms with Crippen molar-refractivity contribution in [2.24, 2.45) is 0 Å². The van der Waals surface area contributed by atoms with E-state index in [1.165, 1.54) is 20.1 Å². The second-order valence-electron chi connectivity index (χ2n) is 7.70. The number of carboxylic acid groups (broad SMARTS) is 1. The molecule has 2 N–H and O–H groups in total. The zero-order chi connectivity index (χ0) is 23.5. The van der Waals surface area contributed by atoms with Gasteiger partial charge in [0.2, 0.25) is 18.5 Å². The summed E-state index contributed by atoms with van der Waals surface area (Å²) in [5, 5.41) is 12.7. The summed E-state index contributed by atoms with van der Waals surface area (Å²) >= 11 is 5.95. The number of nitrogens with one attached hydrogen (secondary N) is 1. The number of amides is 1. The summed E-state index contributed by atoms with van der Waals surface area (Å²) in [6, 6.07) is 9.10. The van der Waals surface area contributed by atoms with E-state index in [9.17, 15) is 14.7 Å². The Morgan fingerprint density at radius 2 is 1.97 bits per heavy atom. The van der Waals surface area contributed by atoms with Crippen LogP contribution in [0.3, 0.4) is 0 Å². The monoisotopic (exact) mass is 481 g/mol. The number of aliphatic carboxylic acids is 1.